The largest absolute Gasteiger partial charge is 0.391 e. The van der Waals surface area contributed by atoms with Crippen molar-refractivity contribution in [3.63, 3.8) is 0 Å². The highest BCUT2D eigenvalue weighted by Gasteiger charge is 2.13. The SMILES string of the molecule is Cc1cccc(C(=O)NCC(O)CC(C)C)c1Cl. The molecule has 0 aliphatic carbocycles. The van der Waals surface area contributed by atoms with Crippen molar-refractivity contribution in [2.45, 2.75) is 33.3 Å². The number of aliphatic hydroxyl groups excluding tert-OH is 1. The number of rotatable bonds is 5. The minimum Gasteiger partial charge on any atom is -0.391 e. The first-order valence-corrected chi connectivity index (χ1v) is 6.51. The molecule has 0 aliphatic rings. The van der Waals surface area contributed by atoms with Crippen LogP contribution in [-0.2, 0) is 0 Å². The van der Waals surface area contributed by atoms with E-state index in [9.17, 15) is 9.90 Å². The summed E-state index contributed by atoms with van der Waals surface area (Å²) in [6, 6.07) is 5.33. The maximum atomic E-state index is 11.9. The van der Waals surface area contributed by atoms with Crippen LogP contribution in [-0.4, -0.2) is 23.7 Å². The molecule has 0 radical (unpaired) electrons. The molecule has 1 unspecified atom stereocenters. The number of carbonyl (C=O) groups excluding carboxylic acids is 1. The maximum absolute atomic E-state index is 11.9. The first-order valence-electron chi connectivity index (χ1n) is 6.13. The van der Waals surface area contributed by atoms with Gasteiger partial charge in [0.25, 0.3) is 5.91 Å². The summed E-state index contributed by atoms with van der Waals surface area (Å²) in [5.41, 5.74) is 1.32. The highest BCUT2D eigenvalue weighted by Crippen LogP contribution is 2.20. The lowest BCUT2D eigenvalue weighted by atomic mass is 10.1. The van der Waals surface area contributed by atoms with Gasteiger partial charge in [0.2, 0.25) is 0 Å². The number of amides is 1. The number of hydrogen-bond acceptors (Lipinski definition) is 2. The predicted molar refractivity (Wildman–Crippen MR) is 74.0 cm³/mol. The summed E-state index contributed by atoms with van der Waals surface area (Å²) in [6.45, 7) is 6.17. The van der Waals surface area contributed by atoms with E-state index in [2.05, 4.69) is 5.32 Å². The fourth-order valence-corrected chi connectivity index (χ4v) is 1.97. The molecule has 1 rings (SSSR count). The Morgan fingerprint density at radius 3 is 2.72 bits per heavy atom. The molecule has 2 N–H and O–H groups in total. The van der Waals surface area contributed by atoms with Crippen molar-refractivity contribution in [1.29, 1.82) is 0 Å². The normalized spacial score (nSPS) is 12.6. The van der Waals surface area contributed by atoms with E-state index in [1.807, 2.05) is 26.8 Å². The van der Waals surface area contributed by atoms with E-state index in [-0.39, 0.29) is 12.5 Å². The van der Waals surface area contributed by atoms with Crippen molar-refractivity contribution in [1.82, 2.24) is 5.32 Å². The van der Waals surface area contributed by atoms with Crippen molar-refractivity contribution in [2.75, 3.05) is 6.54 Å². The quantitative estimate of drug-likeness (QED) is 0.864. The fraction of sp³-hybridized carbons (Fsp3) is 0.500. The monoisotopic (exact) mass is 269 g/mol. The third kappa shape index (κ3) is 4.31. The third-order valence-corrected chi connectivity index (χ3v) is 3.18. The summed E-state index contributed by atoms with van der Waals surface area (Å²) in [5, 5.41) is 12.9. The molecular formula is C14H20ClNO2. The fourth-order valence-electron chi connectivity index (χ4n) is 1.76. The molecule has 0 aliphatic heterocycles. The van der Waals surface area contributed by atoms with Crippen LogP contribution in [0.5, 0.6) is 0 Å². The average Bonchev–Trinajstić information content (AvgIpc) is 2.29. The van der Waals surface area contributed by atoms with Gasteiger partial charge in [-0.3, -0.25) is 4.79 Å². The summed E-state index contributed by atoms with van der Waals surface area (Å²) in [4.78, 5) is 11.9. The number of carbonyl (C=O) groups is 1. The topological polar surface area (TPSA) is 49.3 Å². The van der Waals surface area contributed by atoms with Crippen molar-refractivity contribution in [3.8, 4) is 0 Å². The highest BCUT2D eigenvalue weighted by atomic mass is 35.5. The number of nitrogens with one attached hydrogen (secondary N) is 1. The lowest BCUT2D eigenvalue weighted by Gasteiger charge is -2.14. The van der Waals surface area contributed by atoms with Gasteiger partial charge < -0.3 is 10.4 Å². The standard InChI is InChI=1S/C14H20ClNO2/c1-9(2)7-11(17)8-16-14(18)12-6-4-5-10(3)13(12)15/h4-6,9,11,17H,7-8H2,1-3H3,(H,16,18). The van der Waals surface area contributed by atoms with E-state index in [1.165, 1.54) is 0 Å². The lowest BCUT2D eigenvalue weighted by Crippen LogP contribution is -2.33. The second kappa shape index (κ2) is 6.76. The Morgan fingerprint density at radius 1 is 1.44 bits per heavy atom. The van der Waals surface area contributed by atoms with Gasteiger partial charge in [-0.05, 0) is 30.9 Å². The van der Waals surface area contributed by atoms with Crippen molar-refractivity contribution < 1.29 is 9.90 Å². The molecule has 3 nitrogen and oxygen atoms in total. The van der Waals surface area contributed by atoms with Crippen LogP contribution in [0.1, 0.15) is 36.2 Å². The van der Waals surface area contributed by atoms with Crippen LogP contribution >= 0.6 is 11.6 Å². The average molecular weight is 270 g/mol. The van der Waals surface area contributed by atoms with Gasteiger partial charge in [-0.25, -0.2) is 0 Å². The molecule has 0 saturated heterocycles. The molecule has 4 heteroatoms. The molecule has 0 heterocycles. The minimum atomic E-state index is -0.516. The van der Waals surface area contributed by atoms with Crippen LogP contribution in [0.25, 0.3) is 0 Å². The Bertz CT molecular complexity index is 418. The number of halogens is 1. The van der Waals surface area contributed by atoms with Gasteiger partial charge in [0.1, 0.15) is 0 Å². The number of aliphatic hydroxyl groups is 1. The lowest BCUT2D eigenvalue weighted by molar-refractivity contribution is 0.0900. The van der Waals surface area contributed by atoms with Gasteiger partial charge in [0, 0.05) is 6.54 Å². The van der Waals surface area contributed by atoms with E-state index >= 15 is 0 Å². The number of benzene rings is 1. The maximum Gasteiger partial charge on any atom is 0.252 e. The first-order chi connectivity index (χ1) is 8.41. The van der Waals surface area contributed by atoms with E-state index < -0.39 is 6.10 Å². The Hall–Kier alpha value is -1.06. The van der Waals surface area contributed by atoms with Gasteiger partial charge in [-0.1, -0.05) is 37.6 Å². The Kier molecular flexibility index (Phi) is 5.63. The molecule has 1 aromatic carbocycles. The number of hydrogen-bond donors (Lipinski definition) is 2. The van der Waals surface area contributed by atoms with Gasteiger partial charge in [0.15, 0.2) is 0 Å². The molecule has 0 bridgehead atoms. The third-order valence-electron chi connectivity index (χ3n) is 2.68. The van der Waals surface area contributed by atoms with Crippen molar-refractivity contribution in [2.24, 2.45) is 5.92 Å². The first kappa shape index (κ1) is 15.0. The molecule has 1 aromatic rings. The van der Waals surface area contributed by atoms with E-state index in [0.29, 0.717) is 22.9 Å². The second-order valence-electron chi connectivity index (χ2n) is 4.93. The Morgan fingerprint density at radius 2 is 2.11 bits per heavy atom. The Balaban J connectivity index is 2.58. The molecule has 100 valence electrons. The zero-order valence-electron chi connectivity index (χ0n) is 11.0. The molecule has 0 spiro atoms. The smallest absolute Gasteiger partial charge is 0.252 e. The molecule has 0 saturated carbocycles. The molecule has 18 heavy (non-hydrogen) atoms. The molecule has 0 fully saturated rings. The second-order valence-corrected chi connectivity index (χ2v) is 5.31. The number of aryl methyl sites for hydroxylation is 1. The minimum absolute atomic E-state index is 0.244. The van der Waals surface area contributed by atoms with Crippen LogP contribution in [0, 0.1) is 12.8 Å². The summed E-state index contributed by atoms with van der Waals surface area (Å²) >= 11 is 6.06. The molecule has 1 atom stereocenters. The Labute approximate surface area is 113 Å². The van der Waals surface area contributed by atoms with Crippen molar-refractivity contribution in [3.05, 3.63) is 34.3 Å². The van der Waals surface area contributed by atoms with Crippen LogP contribution in [0.15, 0.2) is 18.2 Å². The predicted octanol–water partition coefficient (Wildman–Crippen LogP) is 2.79. The van der Waals surface area contributed by atoms with Gasteiger partial charge in [0.05, 0.1) is 16.7 Å². The zero-order chi connectivity index (χ0) is 13.7. The van der Waals surface area contributed by atoms with Crippen LogP contribution in [0.3, 0.4) is 0 Å². The van der Waals surface area contributed by atoms with Gasteiger partial charge >= 0.3 is 0 Å². The van der Waals surface area contributed by atoms with Gasteiger partial charge in [-0.15, -0.1) is 0 Å². The summed E-state index contributed by atoms with van der Waals surface area (Å²) in [5.74, 6) is 0.158. The summed E-state index contributed by atoms with van der Waals surface area (Å²) in [6.07, 6.45) is 0.152. The van der Waals surface area contributed by atoms with Gasteiger partial charge in [-0.2, -0.15) is 0 Å². The summed E-state index contributed by atoms with van der Waals surface area (Å²) < 4.78 is 0. The molecule has 0 aromatic heterocycles. The molecule has 1 amide bonds. The highest BCUT2D eigenvalue weighted by molar-refractivity contribution is 6.34. The van der Waals surface area contributed by atoms with Crippen LogP contribution in [0.4, 0.5) is 0 Å². The van der Waals surface area contributed by atoms with E-state index in [0.717, 1.165) is 5.56 Å². The van der Waals surface area contributed by atoms with Crippen molar-refractivity contribution >= 4 is 17.5 Å². The van der Waals surface area contributed by atoms with Crippen LogP contribution in [0.2, 0.25) is 5.02 Å². The molecular weight excluding hydrogens is 250 g/mol. The van der Waals surface area contributed by atoms with E-state index in [1.54, 1.807) is 12.1 Å². The zero-order valence-corrected chi connectivity index (χ0v) is 11.8. The van der Waals surface area contributed by atoms with E-state index in [4.69, 9.17) is 11.6 Å². The van der Waals surface area contributed by atoms with Crippen LogP contribution < -0.4 is 5.32 Å². The summed E-state index contributed by atoms with van der Waals surface area (Å²) in [7, 11) is 0.